The van der Waals surface area contributed by atoms with E-state index in [9.17, 15) is 9.59 Å². The highest BCUT2D eigenvalue weighted by Gasteiger charge is 2.67. The number of hydrogen-bond acceptors (Lipinski definition) is 3. The van der Waals surface area contributed by atoms with Gasteiger partial charge in [0.05, 0.1) is 7.11 Å². The molecule has 4 nitrogen and oxygen atoms in total. The number of esters is 1. The molecule has 4 heteroatoms. The Bertz CT molecular complexity index is 426. The molecule has 0 spiro atoms. The van der Waals surface area contributed by atoms with Gasteiger partial charge in [-0.3, -0.25) is 9.59 Å². The molecule has 1 aromatic carbocycles. The van der Waals surface area contributed by atoms with Crippen LogP contribution in [0.25, 0.3) is 0 Å². The van der Waals surface area contributed by atoms with Crippen molar-refractivity contribution in [2.75, 3.05) is 7.11 Å². The molecule has 0 aliphatic heterocycles. The van der Waals surface area contributed by atoms with Crippen molar-refractivity contribution in [2.45, 2.75) is 12.3 Å². The fraction of sp³-hybridized carbons (Fsp3) is 0.333. The number of methoxy groups -OCH3 is 1. The monoisotopic (exact) mass is 220 g/mol. The average Bonchev–Trinajstić information content (AvgIpc) is 3.06. The molecule has 1 fully saturated rings. The second kappa shape index (κ2) is 3.63. The van der Waals surface area contributed by atoms with Crippen molar-refractivity contribution in [1.29, 1.82) is 0 Å². The minimum absolute atomic E-state index is 0.265. The zero-order chi connectivity index (χ0) is 11.8. The van der Waals surface area contributed by atoms with Gasteiger partial charge >= 0.3 is 11.9 Å². The third-order valence-corrected chi connectivity index (χ3v) is 3.09. The van der Waals surface area contributed by atoms with Crippen LogP contribution >= 0.6 is 0 Å². The molecule has 84 valence electrons. The van der Waals surface area contributed by atoms with Gasteiger partial charge in [0.25, 0.3) is 0 Å². The predicted molar refractivity (Wildman–Crippen MR) is 55.9 cm³/mol. The number of benzene rings is 1. The van der Waals surface area contributed by atoms with E-state index in [2.05, 4.69) is 4.74 Å². The van der Waals surface area contributed by atoms with E-state index < -0.39 is 17.4 Å². The van der Waals surface area contributed by atoms with Crippen LogP contribution in [-0.4, -0.2) is 24.2 Å². The number of carboxylic acid groups (broad SMARTS) is 1. The Balaban J connectivity index is 2.30. The summed E-state index contributed by atoms with van der Waals surface area (Å²) >= 11 is 0. The summed E-state index contributed by atoms with van der Waals surface area (Å²) in [5.74, 6) is -2.03. The summed E-state index contributed by atoms with van der Waals surface area (Å²) in [5, 5.41) is 9.14. The van der Waals surface area contributed by atoms with Gasteiger partial charge in [-0.05, 0) is 12.0 Å². The van der Waals surface area contributed by atoms with E-state index in [1.807, 2.05) is 30.3 Å². The average molecular weight is 220 g/mol. The topological polar surface area (TPSA) is 63.6 Å². The first-order chi connectivity index (χ1) is 7.63. The van der Waals surface area contributed by atoms with Gasteiger partial charge in [0, 0.05) is 5.92 Å². The summed E-state index contributed by atoms with van der Waals surface area (Å²) in [6.45, 7) is 0. The molecule has 0 radical (unpaired) electrons. The number of hydrogen-bond donors (Lipinski definition) is 1. The molecule has 0 amide bonds. The van der Waals surface area contributed by atoms with Crippen molar-refractivity contribution in [3.8, 4) is 0 Å². The third-order valence-electron chi connectivity index (χ3n) is 3.09. The molecule has 1 aliphatic carbocycles. The normalized spacial score (nSPS) is 27.2. The van der Waals surface area contributed by atoms with E-state index >= 15 is 0 Å². The van der Waals surface area contributed by atoms with Crippen molar-refractivity contribution in [3.05, 3.63) is 35.9 Å². The van der Waals surface area contributed by atoms with Crippen LogP contribution in [-0.2, 0) is 14.3 Å². The maximum absolute atomic E-state index is 11.5. The molecular formula is C12H12O4. The van der Waals surface area contributed by atoms with Crippen molar-refractivity contribution in [1.82, 2.24) is 0 Å². The van der Waals surface area contributed by atoms with E-state index in [4.69, 9.17) is 5.11 Å². The minimum atomic E-state index is -1.36. The molecule has 1 saturated carbocycles. The largest absolute Gasteiger partial charge is 0.480 e. The van der Waals surface area contributed by atoms with Crippen LogP contribution < -0.4 is 0 Å². The number of carbonyl (C=O) groups is 2. The van der Waals surface area contributed by atoms with Crippen LogP contribution in [0.3, 0.4) is 0 Å². The Kier molecular flexibility index (Phi) is 2.42. The lowest BCUT2D eigenvalue weighted by atomic mass is 9.99. The molecule has 0 saturated heterocycles. The van der Waals surface area contributed by atoms with Crippen LogP contribution in [0.1, 0.15) is 17.9 Å². The highest BCUT2D eigenvalue weighted by Crippen LogP contribution is 2.60. The van der Waals surface area contributed by atoms with Crippen LogP contribution in [0.4, 0.5) is 0 Å². The highest BCUT2D eigenvalue weighted by atomic mass is 16.5. The van der Waals surface area contributed by atoms with Crippen LogP contribution in [0.5, 0.6) is 0 Å². The highest BCUT2D eigenvalue weighted by molar-refractivity contribution is 6.04. The number of ether oxygens (including phenoxy) is 1. The van der Waals surface area contributed by atoms with Crippen molar-refractivity contribution in [2.24, 2.45) is 5.41 Å². The van der Waals surface area contributed by atoms with E-state index in [-0.39, 0.29) is 5.92 Å². The van der Waals surface area contributed by atoms with Crippen molar-refractivity contribution in [3.63, 3.8) is 0 Å². The lowest BCUT2D eigenvalue weighted by molar-refractivity contribution is -0.159. The van der Waals surface area contributed by atoms with Crippen LogP contribution in [0, 0.1) is 5.41 Å². The van der Waals surface area contributed by atoms with Gasteiger partial charge in [0.15, 0.2) is 5.41 Å². The SMILES string of the molecule is COC(=O)C1(C(=O)O)CC1c1ccccc1. The van der Waals surface area contributed by atoms with Gasteiger partial charge in [-0.2, -0.15) is 0 Å². The molecule has 16 heavy (non-hydrogen) atoms. The number of aliphatic carboxylic acids is 1. The van der Waals surface area contributed by atoms with Crippen molar-refractivity contribution < 1.29 is 19.4 Å². The number of carboxylic acids is 1. The second-order valence-corrected chi connectivity index (χ2v) is 3.94. The lowest BCUT2D eigenvalue weighted by Crippen LogP contribution is -2.28. The quantitative estimate of drug-likeness (QED) is 0.618. The molecule has 1 aliphatic rings. The molecule has 2 unspecified atom stereocenters. The molecule has 0 heterocycles. The maximum atomic E-state index is 11.5. The van der Waals surface area contributed by atoms with Gasteiger partial charge in [-0.25, -0.2) is 0 Å². The third kappa shape index (κ3) is 1.38. The zero-order valence-electron chi connectivity index (χ0n) is 8.84. The fourth-order valence-electron chi connectivity index (χ4n) is 2.08. The first kappa shape index (κ1) is 10.7. The molecule has 0 aromatic heterocycles. The Hall–Kier alpha value is -1.84. The van der Waals surface area contributed by atoms with E-state index in [1.165, 1.54) is 7.11 Å². The fourth-order valence-corrected chi connectivity index (χ4v) is 2.08. The summed E-state index contributed by atoms with van der Waals surface area (Å²) in [6.07, 6.45) is 0.318. The van der Waals surface area contributed by atoms with Gasteiger partial charge in [-0.1, -0.05) is 30.3 Å². The van der Waals surface area contributed by atoms with Crippen LogP contribution in [0.2, 0.25) is 0 Å². The predicted octanol–water partition coefficient (Wildman–Crippen LogP) is 1.42. The molecule has 1 N–H and O–H groups in total. The van der Waals surface area contributed by atoms with Crippen LogP contribution in [0.15, 0.2) is 30.3 Å². The zero-order valence-corrected chi connectivity index (χ0v) is 8.84. The molecule has 2 rings (SSSR count). The van der Waals surface area contributed by atoms with E-state index in [0.29, 0.717) is 6.42 Å². The summed E-state index contributed by atoms with van der Waals surface area (Å²) in [5.41, 5.74) is -0.494. The summed E-state index contributed by atoms with van der Waals surface area (Å²) in [4.78, 5) is 22.7. The molecular weight excluding hydrogens is 208 g/mol. The Labute approximate surface area is 92.8 Å². The summed E-state index contributed by atoms with van der Waals surface area (Å²) in [6, 6.07) is 9.18. The standard InChI is InChI=1S/C12H12O4/c1-16-11(15)12(10(13)14)7-9(12)8-5-3-2-4-6-8/h2-6,9H,7H2,1H3,(H,13,14). The Morgan fingerprint density at radius 1 is 1.38 bits per heavy atom. The minimum Gasteiger partial charge on any atom is -0.480 e. The first-order valence-corrected chi connectivity index (χ1v) is 4.99. The van der Waals surface area contributed by atoms with Gasteiger partial charge in [0.1, 0.15) is 0 Å². The first-order valence-electron chi connectivity index (χ1n) is 4.99. The maximum Gasteiger partial charge on any atom is 0.323 e. The molecule has 2 atom stereocenters. The molecule has 0 bridgehead atoms. The van der Waals surface area contributed by atoms with Crippen molar-refractivity contribution >= 4 is 11.9 Å². The Morgan fingerprint density at radius 2 is 2.00 bits per heavy atom. The lowest BCUT2D eigenvalue weighted by Gasteiger charge is -2.09. The number of rotatable bonds is 3. The molecule has 1 aromatic rings. The summed E-state index contributed by atoms with van der Waals surface area (Å²) in [7, 11) is 1.22. The van der Waals surface area contributed by atoms with Gasteiger partial charge < -0.3 is 9.84 Å². The van der Waals surface area contributed by atoms with E-state index in [1.54, 1.807) is 0 Å². The van der Waals surface area contributed by atoms with E-state index in [0.717, 1.165) is 5.56 Å². The summed E-state index contributed by atoms with van der Waals surface area (Å²) < 4.78 is 4.57. The Morgan fingerprint density at radius 3 is 2.50 bits per heavy atom. The number of carbonyl (C=O) groups excluding carboxylic acids is 1. The van der Waals surface area contributed by atoms with Gasteiger partial charge in [-0.15, -0.1) is 0 Å². The second-order valence-electron chi connectivity index (χ2n) is 3.94. The van der Waals surface area contributed by atoms with Gasteiger partial charge in [0.2, 0.25) is 0 Å². The smallest absolute Gasteiger partial charge is 0.323 e.